The highest BCUT2D eigenvalue weighted by Gasteiger charge is 2.15. The van der Waals surface area contributed by atoms with Crippen LogP contribution in [0.25, 0.3) is 71.7 Å². The molecule has 10 rings (SSSR count). The van der Waals surface area contributed by atoms with E-state index in [0.29, 0.717) is 0 Å². The number of aromatic nitrogens is 1. The van der Waals surface area contributed by atoms with E-state index >= 15 is 0 Å². The van der Waals surface area contributed by atoms with Crippen LogP contribution in [0.4, 0.5) is 17.1 Å². The van der Waals surface area contributed by atoms with Gasteiger partial charge >= 0.3 is 0 Å². The number of furan rings is 1. The zero-order valence-electron chi connectivity index (χ0n) is 28.7. The lowest BCUT2D eigenvalue weighted by Gasteiger charge is -2.26. The minimum Gasteiger partial charge on any atom is -0.456 e. The van der Waals surface area contributed by atoms with Crippen LogP contribution in [-0.2, 0) is 0 Å². The van der Waals surface area contributed by atoms with Gasteiger partial charge in [0.25, 0.3) is 0 Å². The Morgan fingerprint density at radius 2 is 0.827 bits per heavy atom. The van der Waals surface area contributed by atoms with E-state index in [2.05, 4.69) is 192 Å². The molecule has 2 aromatic heterocycles. The van der Waals surface area contributed by atoms with Gasteiger partial charge in [0.2, 0.25) is 0 Å². The summed E-state index contributed by atoms with van der Waals surface area (Å²) in [5, 5.41) is 4.83. The zero-order chi connectivity index (χ0) is 34.6. The summed E-state index contributed by atoms with van der Waals surface area (Å²) in [7, 11) is 0. The first-order chi connectivity index (χ1) is 25.7. The minimum atomic E-state index is 0.912. The van der Waals surface area contributed by atoms with Crippen molar-refractivity contribution in [2.24, 2.45) is 0 Å². The van der Waals surface area contributed by atoms with Gasteiger partial charge in [-0.3, -0.25) is 0 Å². The van der Waals surface area contributed by atoms with Gasteiger partial charge < -0.3 is 13.9 Å². The molecule has 8 aromatic carbocycles. The zero-order valence-corrected chi connectivity index (χ0v) is 28.7. The smallest absolute Gasteiger partial charge is 0.135 e. The molecular formula is C49H34N2O. The number of hydrogen-bond donors (Lipinski definition) is 0. The summed E-state index contributed by atoms with van der Waals surface area (Å²) in [5.74, 6) is 0. The van der Waals surface area contributed by atoms with Crippen molar-refractivity contribution in [2.75, 3.05) is 4.90 Å². The van der Waals surface area contributed by atoms with Gasteiger partial charge in [-0.15, -0.1) is 0 Å². The molecule has 3 nitrogen and oxygen atoms in total. The Labute approximate surface area is 302 Å². The number of nitrogens with zero attached hydrogens (tertiary/aromatic N) is 2. The fraction of sp³-hybridized carbons (Fsp3) is 0.0204. The summed E-state index contributed by atoms with van der Waals surface area (Å²) in [6.45, 7) is 2.13. The molecule has 10 aromatic rings. The van der Waals surface area contributed by atoms with Crippen LogP contribution in [0.5, 0.6) is 0 Å². The SMILES string of the molecule is Cc1ccc(N(c2ccc(-c3ccc(-n4c5ccccc5c5ccccc54)cc3)cc2)c2ccc(-c3ccc4oc5ccccc5c4c3)cc2)cc1. The van der Waals surface area contributed by atoms with Crippen LogP contribution in [0.3, 0.4) is 0 Å². The van der Waals surface area contributed by atoms with E-state index in [4.69, 9.17) is 4.42 Å². The highest BCUT2D eigenvalue weighted by atomic mass is 16.3. The van der Waals surface area contributed by atoms with E-state index in [1.807, 2.05) is 12.1 Å². The van der Waals surface area contributed by atoms with Crippen LogP contribution in [0, 0.1) is 6.92 Å². The van der Waals surface area contributed by atoms with Crippen LogP contribution in [0.1, 0.15) is 5.56 Å². The third-order valence-electron chi connectivity index (χ3n) is 10.3. The Bertz CT molecular complexity index is 2820. The van der Waals surface area contributed by atoms with Crippen molar-refractivity contribution in [1.29, 1.82) is 0 Å². The number of anilines is 3. The number of fused-ring (bicyclic) bond motifs is 6. The third kappa shape index (κ3) is 5.06. The van der Waals surface area contributed by atoms with Crippen molar-refractivity contribution in [1.82, 2.24) is 4.57 Å². The normalized spacial score (nSPS) is 11.6. The van der Waals surface area contributed by atoms with Gasteiger partial charge in [0.15, 0.2) is 0 Å². The van der Waals surface area contributed by atoms with E-state index in [9.17, 15) is 0 Å². The molecule has 0 spiro atoms. The van der Waals surface area contributed by atoms with Crippen LogP contribution in [-0.4, -0.2) is 4.57 Å². The summed E-state index contributed by atoms with van der Waals surface area (Å²) in [6, 6.07) is 67.4. The topological polar surface area (TPSA) is 21.3 Å². The molecule has 0 atom stereocenters. The summed E-state index contributed by atoms with van der Waals surface area (Å²) in [4.78, 5) is 2.32. The molecule has 0 bridgehead atoms. The van der Waals surface area contributed by atoms with Crippen molar-refractivity contribution in [2.45, 2.75) is 6.92 Å². The lowest BCUT2D eigenvalue weighted by Crippen LogP contribution is -2.09. The highest BCUT2D eigenvalue weighted by molar-refractivity contribution is 6.09. The maximum atomic E-state index is 6.08. The second kappa shape index (κ2) is 12.2. The molecule has 0 saturated heterocycles. The first-order valence-corrected chi connectivity index (χ1v) is 17.8. The average Bonchev–Trinajstić information content (AvgIpc) is 3.75. The number of para-hydroxylation sites is 3. The maximum Gasteiger partial charge on any atom is 0.135 e. The molecule has 0 N–H and O–H groups in total. The summed E-state index contributed by atoms with van der Waals surface area (Å²) >= 11 is 0. The first kappa shape index (κ1) is 30.0. The molecule has 0 fully saturated rings. The Kier molecular flexibility index (Phi) is 7.04. The van der Waals surface area contributed by atoms with Gasteiger partial charge in [0.1, 0.15) is 11.2 Å². The van der Waals surface area contributed by atoms with Gasteiger partial charge in [-0.25, -0.2) is 0 Å². The van der Waals surface area contributed by atoms with Gasteiger partial charge in [0.05, 0.1) is 11.0 Å². The van der Waals surface area contributed by atoms with E-state index in [1.54, 1.807) is 0 Å². The minimum absolute atomic E-state index is 0.912. The predicted molar refractivity (Wildman–Crippen MR) is 218 cm³/mol. The molecule has 0 aliphatic carbocycles. The van der Waals surface area contributed by atoms with Gasteiger partial charge in [-0.1, -0.05) is 115 Å². The monoisotopic (exact) mass is 666 g/mol. The summed E-state index contributed by atoms with van der Waals surface area (Å²) in [6.07, 6.45) is 0. The number of aryl methyl sites for hydroxylation is 1. The van der Waals surface area contributed by atoms with Crippen molar-refractivity contribution in [3.05, 3.63) is 194 Å². The first-order valence-electron chi connectivity index (χ1n) is 17.8. The average molecular weight is 667 g/mol. The molecule has 0 aliphatic heterocycles. The molecular weight excluding hydrogens is 633 g/mol. The van der Waals surface area contributed by atoms with Crippen LogP contribution in [0.2, 0.25) is 0 Å². The number of rotatable bonds is 6. The number of benzene rings is 8. The van der Waals surface area contributed by atoms with Gasteiger partial charge in [-0.2, -0.15) is 0 Å². The molecule has 0 radical (unpaired) electrons. The van der Waals surface area contributed by atoms with E-state index in [-0.39, 0.29) is 0 Å². The molecule has 3 heteroatoms. The van der Waals surface area contributed by atoms with Gasteiger partial charge in [0, 0.05) is 44.3 Å². The van der Waals surface area contributed by atoms with Crippen molar-refractivity contribution < 1.29 is 4.42 Å². The molecule has 0 unspecified atom stereocenters. The molecule has 0 aliphatic rings. The number of hydrogen-bond acceptors (Lipinski definition) is 2. The maximum absolute atomic E-state index is 6.08. The Balaban J connectivity index is 0.973. The standard InChI is InChI=1S/C49H34N2O/c1-33-14-23-38(24-15-33)50(40-27-20-36(21-28-40)37-22-31-49-45(32-37)44-10-4-7-13-48(44)52-49)39-25-16-34(17-26-39)35-18-29-41(30-19-35)51-46-11-5-2-8-42(46)43-9-3-6-12-47(43)51/h2-32H,1H3. The lowest BCUT2D eigenvalue weighted by atomic mass is 10.0. The van der Waals surface area contributed by atoms with Gasteiger partial charge in [-0.05, 0) is 108 Å². The van der Waals surface area contributed by atoms with Crippen molar-refractivity contribution >= 4 is 60.8 Å². The summed E-state index contributed by atoms with van der Waals surface area (Å²) in [5.41, 5.74) is 14.7. The quantitative estimate of drug-likeness (QED) is 0.176. The molecule has 52 heavy (non-hydrogen) atoms. The predicted octanol–water partition coefficient (Wildman–Crippen LogP) is 13.8. The van der Waals surface area contributed by atoms with Crippen LogP contribution >= 0.6 is 0 Å². The van der Waals surface area contributed by atoms with E-state index < -0.39 is 0 Å². The van der Waals surface area contributed by atoms with Crippen molar-refractivity contribution in [3.63, 3.8) is 0 Å². The summed E-state index contributed by atoms with van der Waals surface area (Å²) < 4.78 is 8.44. The van der Waals surface area contributed by atoms with Crippen LogP contribution in [0.15, 0.2) is 192 Å². The van der Waals surface area contributed by atoms with E-state index in [0.717, 1.165) is 44.7 Å². The highest BCUT2D eigenvalue weighted by Crippen LogP contribution is 2.39. The third-order valence-corrected chi connectivity index (χ3v) is 10.3. The van der Waals surface area contributed by atoms with Crippen molar-refractivity contribution in [3.8, 4) is 27.9 Å². The Hall–Kier alpha value is -6.84. The van der Waals surface area contributed by atoms with E-state index in [1.165, 1.54) is 49.6 Å². The lowest BCUT2D eigenvalue weighted by molar-refractivity contribution is 0.669. The Morgan fingerprint density at radius 3 is 1.42 bits per heavy atom. The second-order valence-corrected chi connectivity index (χ2v) is 13.5. The largest absolute Gasteiger partial charge is 0.456 e. The fourth-order valence-corrected chi connectivity index (χ4v) is 7.66. The van der Waals surface area contributed by atoms with Crippen LogP contribution < -0.4 is 4.90 Å². The molecule has 0 amide bonds. The second-order valence-electron chi connectivity index (χ2n) is 13.5. The molecule has 0 saturated carbocycles. The Morgan fingerprint density at radius 1 is 0.385 bits per heavy atom. The fourth-order valence-electron chi connectivity index (χ4n) is 7.66. The molecule has 2 heterocycles. The molecule has 246 valence electrons.